The molecule has 0 aromatic heterocycles. The number of carbonyl (C=O) groups excluding carboxylic acids is 1. The van der Waals surface area contributed by atoms with Crippen molar-refractivity contribution in [1.82, 2.24) is 4.90 Å². The van der Waals surface area contributed by atoms with Crippen molar-refractivity contribution in [3.8, 4) is 11.1 Å². The third-order valence-electron chi connectivity index (χ3n) is 6.73. The van der Waals surface area contributed by atoms with E-state index in [4.69, 9.17) is 5.14 Å². The number of aryl methyl sites for hydroxylation is 2. The van der Waals surface area contributed by atoms with Crippen LogP contribution in [-0.2, 0) is 27.7 Å². The fourth-order valence-corrected chi connectivity index (χ4v) is 5.58. The fraction of sp³-hybridized carbons (Fsp3) is 0.387. The van der Waals surface area contributed by atoms with Gasteiger partial charge in [0.1, 0.15) is 9.92 Å². The summed E-state index contributed by atoms with van der Waals surface area (Å²) in [7, 11) is 0.631. The van der Waals surface area contributed by atoms with E-state index in [-0.39, 0.29) is 18.3 Å². The molecule has 1 atom stereocenters. The summed E-state index contributed by atoms with van der Waals surface area (Å²) in [6, 6.07) is 18.0. The van der Waals surface area contributed by atoms with Crippen molar-refractivity contribution < 1.29 is 9.00 Å². The van der Waals surface area contributed by atoms with E-state index in [0.717, 1.165) is 39.9 Å². The number of hydrogen-bond donors (Lipinski definition) is 1. The summed E-state index contributed by atoms with van der Waals surface area (Å²) in [6.07, 6.45) is 0.0706. The van der Waals surface area contributed by atoms with Gasteiger partial charge >= 0.3 is 0 Å². The molecule has 0 heterocycles. The van der Waals surface area contributed by atoms with Crippen molar-refractivity contribution in [3.05, 3.63) is 88.0 Å². The molecule has 0 aliphatic heterocycles. The molecule has 0 saturated carbocycles. The monoisotopic (exact) mass is 519 g/mol. The SMILES string of the molecule is Cc1ccc(-c2cc(C(C)C)c(CC(=O)N=S(N)(=O)c3ccc(CN(C)C)cc3)c(C(C)C)c2)cc1C. The predicted molar refractivity (Wildman–Crippen MR) is 155 cm³/mol. The number of hydrogen-bond acceptors (Lipinski definition) is 3. The average Bonchev–Trinajstić information content (AvgIpc) is 2.80. The maximum Gasteiger partial charge on any atom is 0.259 e. The molecule has 0 aliphatic rings. The highest BCUT2D eigenvalue weighted by Crippen LogP contribution is 2.35. The van der Waals surface area contributed by atoms with Crippen molar-refractivity contribution in [3.63, 3.8) is 0 Å². The van der Waals surface area contributed by atoms with Gasteiger partial charge < -0.3 is 4.90 Å². The van der Waals surface area contributed by atoms with Crippen LogP contribution in [0.25, 0.3) is 11.1 Å². The van der Waals surface area contributed by atoms with Crippen LogP contribution < -0.4 is 5.14 Å². The first-order chi connectivity index (χ1) is 17.3. The lowest BCUT2D eigenvalue weighted by molar-refractivity contribution is -0.117. The molecule has 198 valence electrons. The summed E-state index contributed by atoms with van der Waals surface area (Å²) in [6.45, 7) is 13.5. The smallest absolute Gasteiger partial charge is 0.259 e. The van der Waals surface area contributed by atoms with Gasteiger partial charge in [0.25, 0.3) is 5.91 Å². The molecule has 3 aromatic rings. The number of amides is 1. The molecule has 0 radical (unpaired) electrons. The molecule has 1 amide bonds. The van der Waals surface area contributed by atoms with Gasteiger partial charge in [0, 0.05) is 6.54 Å². The Hall–Kier alpha value is -2.80. The number of nitrogens with zero attached hydrogens (tertiary/aromatic N) is 2. The van der Waals surface area contributed by atoms with Crippen LogP contribution in [0.2, 0.25) is 0 Å². The van der Waals surface area contributed by atoms with E-state index in [9.17, 15) is 9.00 Å². The second kappa shape index (κ2) is 11.7. The van der Waals surface area contributed by atoms with Crippen LogP contribution in [0.4, 0.5) is 0 Å². The molecule has 37 heavy (non-hydrogen) atoms. The summed E-state index contributed by atoms with van der Waals surface area (Å²) in [4.78, 5) is 15.6. The van der Waals surface area contributed by atoms with Crippen molar-refractivity contribution >= 4 is 15.8 Å². The summed E-state index contributed by atoms with van der Waals surface area (Å²) in [5.74, 6) is -0.0517. The molecule has 0 fully saturated rings. The second-order valence-electron chi connectivity index (χ2n) is 10.9. The minimum Gasteiger partial charge on any atom is -0.305 e. The molecule has 0 aliphatic carbocycles. The predicted octanol–water partition coefficient (Wildman–Crippen LogP) is 6.75. The Morgan fingerprint density at radius 1 is 0.865 bits per heavy atom. The maximum atomic E-state index is 13.2. The van der Waals surface area contributed by atoms with Gasteiger partial charge in [-0.1, -0.05) is 70.2 Å². The normalized spacial score (nSPS) is 13.3. The molecule has 0 bridgehead atoms. The topological polar surface area (TPSA) is 75.8 Å². The zero-order valence-electron chi connectivity index (χ0n) is 23.5. The van der Waals surface area contributed by atoms with Crippen LogP contribution in [0.3, 0.4) is 0 Å². The first-order valence-electron chi connectivity index (χ1n) is 12.8. The summed E-state index contributed by atoms with van der Waals surface area (Å²) in [5, 5.41) is 6.10. The van der Waals surface area contributed by atoms with Crippen molar-refractivity contribution in [2.24, 2.45) is 9.50 Å². The van der Waals surface area contributed by atoms with Crippen LogP contribution in [0.15, 0.2) is 63.9 Å². The summed E-state index contributed by atoms with van der Waals surface area (Å²) in [5.41, 5.74) is 9.07. The van der Waals surface area contributed by atoms with Crippen molar-refractivity contribution in [1.29, 1.82) is 0 Å². The minimum atomic E-state index is -3.34. The highest BCUT2D eigenvalue weighted by atomic mass is 32.2. The van der Waals surface area contributed by atoms with Crippen LogP contribution in [0.5, 0.6) is 0 Å². The Kier molecular flexibility index (Phi) is 9.11. The number of rotatable bonds is 8. The van der Waals surface area contributed by atoms with E-state index in [2.05, 4.69) is 76.2 Å². The fourth-order valence-electron chi connectivity index (χ4n) is 4.58. The van der Waals surface area contributed by atoms with Crippen LogP contribution in [0, 0.1) is 13.8 Å². The van der Waals surface area contributed by atoms with E-state index >= 15 is 0 Å². The Morgan fingerprint density at radius 2 is 1.43 bits per heavy atom. The maximum absolute atomic E-state index is 13.2. The van der Waals surface area contributed by atoms with E-state index in [1.807, 2.05) is 31.1 Å². The largest absolute Gasteiger partial charge is 0.305 e. The molecule has 3 aromatic carbocycles. The Balaban J connectivity index is 2.01. The molecule has 3 rings (SSSR count). The highest BCUT2D eigenvalue weighted by molar-refractivity contribution is 7.91. The molecule has 0 saturated heterocycles. The lowest BCUT2D eigenvalue weighted by Gasteiger charge is -2.21. The zero-order chi connectivity index (χ0) is 27.5. The van der Waals surface area contributed by atoms with E-state index in [0.29, 0.717) is 4.90 Å². The third-order valence-corrected chi connectivity index (χ3v) is 8.15. The van der Waals surface area contributed by atoms with Crippen molar-refractivity contribution in [2.45, 2.75) is 71.2 Å². The lowest BCUT2D eigenvalue weighted by atomic mass is 9.83. The van der Waals surface area contributed by atoms with Gasteiger partial charge in [0.15, 0.2) is 0 Å². The molecular weight excluding hydrogens is 478 g/mol. The minimum absolute atomic E-state index is 0.0706. The van der Waals surface area contributed by atoms with E-state index in [1.165, 1.54) is 11.1 Å². The van der Waals surface area contributed by atoms with Gasteiger partial charge in [-0.25, -0.2) is 9.35 Å². The van der Waals surface area contributed by atoms with Gasteiger partial charge in [0.2, 0.25) is 0 Å². The van der Waals surface area contributed by atoms with E-state index < -0.39 is 15.8 Å². The zero-order valence-corrected chi connectivity index (χ0v) is 24.3. The van der Waals surface area contributed by atoms with Crippen LogP contribution >= 0.6 is 0 Å². The van der Waals surface area contributed by atoms with E-state index in [1.54, 1.807) is 12.1 Å². The van der Waals surface area contributed by atoms with Gasteiger partial charge in [-0.2, -0.15) is 0 Å². The highest BCUT2D eigenvalue weighted by Gasteiger charge is 2.20. The number of carbonyl (C=O) groups is 1. The van der Waals surface area contributed by atoms with Crippen molar-refractivity contribution in [2.75, 3.05) is 14.1 Å². The molecule has 1 unspecified atom stereocenters. The van der Waals surface area contributed by atoms with Gasteiger partial charge in [0.05, 0.1) is 11.3 Å². The number of nitrogens with two attached hydrogens (primary N) is 1. The average molecular weight is 520 g/mol. The molecule has 0 spiro atoms. The summed E-state index contributed by atoms with van der Waals surface area (Å²) < 4.78 is 17.3. The van der Waals surface area contributed by atoms with Gasteiger partial charge in [-0.05, 0) is 96.4 Å². The molecular formula is C31H41N3O2S. The Labute approximate surface area is 223 Å². The van der Waals surface area contributed by atoms with Crippen LogP contribution in [0.1, 0.15) is 72.9 Å². The van der Waals surface area contributed by atoms with Gasteiger partial charge in [-0.3, -0.25) is 4.79 Å². The third kappa shape index (κ3) is 7.16. The molecule has 5 nitrogen and oxygen atoms in total. The quantitative estimate of drug-likeness (QED) is 0.358. The molecule has 6 heteroatoms. The first-order valence-corrected chi connectivity index (χ1v) is 14.4. The first kappa shape index (κ1) is 28.8. The Bertz CT molecular complexity index is 1370. The second-order valence-corrected chi connectivity index (χ2v) is 12.6. The summed E-state index contributed by atoms with van der Waals surface area (Å²) >= 11 is 0. The molecule has 2 N–H and O–H groups in total. The standard InChI is InChI=1S/C31H41N3O2S/c1-20(2)28-16-26(25-12-9-22(5)23(6)15-25)17-29(21(3)4)30(28)18-31(35)33-37(32,36)27-13-10-24(11-14-27)19-34(7)8/h9-17,20-21H,18-19H2,1-8H3,(H2,32,33,35,36). The Morgan fingerprint density at radius 3 is 1.92 bits per heavy atom. The number of benzene rings is 3. The van der Waals surface area contributed by atoms with Gasteiger partial charge in [-0.15, -0.1) is 4.36 Å². The van der Waals surface area contributed by atoms with Crippen LogP contribution in [-0.4, -0.2) is 29.1 Å². The lowest BCUT2D eigenvalue weighted by Crippen LogP contribution is -2.17.